The Kier molecular flexibility index (Phi) is 4.67. The fraction of sp³-hybridized carbons (Fsp3) is 0.263. The zero-order valence-electron chi connectivity index (χ0n) is 15.3. The van der Waals surface area contributed by atoms with Crippen molar-refractivity contribution in [1.29, 1.82) is 0 Å². The van der Waals surface area contributed by atoms with E-state index in [1.54, 1.807) is 24.3 Å². The van der Waals surface area contributed by atoms with Crippen molar-refractivity contribution in [2.24, 2.45) is 0 Å². The first-order valence-electron chi connectivity index (χ1n) is 9.03. The standard InChI is InChI=1S/C19H17N5O5/c25-15-6-5-14(20-21-15)19(29)23-9-7-22(8-10-23)16(26)11-24-17(27)12-3-1-2-4-13(12)18(24)28/h1-6H,7-11H2,(H,21,25). The molecule has 0 bridgehead atoms. The molecule has 10 heteroatoms. The van der Waals surface area contributed by atoms with Crippen LogP contribution in [-0.2, 0) is 4.79 Å². The lowest BCUT2D eigenvalue weighted by molar-refractivity contribution is -0.132. The number of imide groups is 1. The van der Waals surface area contributed by atoms with Crippen molar-refractivity contribution in [1.82, 2.24) is 24.9 Å². The second-order valence-electron chi connectivity index (χ2n) is 6.72. The molecule has 0 saturated carbocycles. The number of nitrogens with zero attached hydrogens (tertiary/aromatic N) is 4. The quantitative estimate of drug-likeness (QED) is 0.689. The summed E-state index contributed by atoms with van der Waals surface area (Å²) in [5, 5.41) is 5.94. The van der Waals surface area contributed by atoms with E-state index in [1.807, 2.05) is 0 Å². The summed E-state index contributed by atoms with van der Waals surface area (Å²) < 4.78 is 0. The summed E-state index contributed by atoms with van der Waals surface area (Å²) in [5.41, 5.74) is 0.323. The minimum atomic E-state index is -0.475. The van der Waals surface area contributed by atoms with E-state index >= 15 is 0 Å². The number of aromatic amines is 1. The smallest absolute Gasteiger partial charge is 0.274 e. The number of benzene rings is 1. The van der Waals surface area contributed by atoms with Crippen LogP contribution in [0.1, 0.15) is 31.2 Å². The van der Waals surface area contributed by atoms with Crippen molar-refractivity contribution in [3.05, 3.63) is 63.6 Å². The molecule has 2 aliphatic rings. The number of carbonyl (C=O) groups excluding carboxylic acids is 4. The lowest BCUT2D eigenvalue weighted by atomic mass is 10.1. The van der Waals surface area contributed by atoms with E-state index in [1.165, 1.54) is 21.9 Å². The Hall–Kier alpha value is -3.82. The van der Waals surface area contributed by atoms with E-state index in [2.05, 4.69) is 10.2 Å². The van der Waals surface area contributed by atoms with Crippen LogP contribution >= 0.6 is 0 Å². The first-order valence-corrected chi connectivity index (χ1v) is 9.03. The summed E-state index contributed by atoms with van der Waals surface area (Å²) >= 11 is 0. The van der Waals surface area contributed by atoms with Gasteiger partial charge in [-0.1, -0.05) is 12.1 Å². The lowest BCUT2D eigenvalue weighted by Gasteiger charge is -2.35. The molecule has 1 fully saturated rings. The van der Waals surface area contributed by atoms with Gasteiger partial charge in [-0.15, -0.1) is 0 Å². The van der Waals surface area contributed by atoms with Crippen molar-refractivity contribution < 1.29 is 19.2 Å². The van der Waals surface area contributed by atoms with Crippen molar-refractivity contribution in [3.63, 3.8) is 0 Å². The van der Waals surface area contributed by atoms with Gasteiger partial charge in [0.15, 0.2) is 0 Å². The highest BCUT2D eigenvalue weighted by molar-refractivity contribution is 6.22. The predicted molar refractivity (Wildman–Crippen MR) is 99.2 cm³/mol. The van der Waals surface area contributed by atoms with Crippen LogP contribution < -0.4 is 5.56 Å². The summed E-state index contributed by atoms with van der Waals surface area (Å²) in [6.07, 6.45) is 0. The van der Waals surface area contributed by atoms with Gasteiger partial charge in [-0.05, 0) is 18.2 Å². The Morgan fingerprint density at radius 3 is 2.00 bits per heavy atom. The first kappa shape index (κ1) is 18.5. The van der Waals surface area contributed by atoms with E-state index in [9.17, 15) is 24.0 Å². The van der Waals surface area contributed by atoms with Crippen molar-refractivity contribution in [2.75, 3.05) is 32.7 Å². The maximum Gasteiger partial charge on any atom is 0.274 e. The van der Waals surface area contributed by atoms with E-state index in [-0.39, 0.29) is 50.2 Å². The highest BCUT2D eigenvalue weighted by Crippen LogP contribution is 2.22. The third-order valence-electron chi connectivity index (χ3n) is 4.99. The molecule has 2 aliphatic heterocycles. The number of hydrogen-bond acceptors (Lipinski definition) is 6. The third kappa shape index (κ3) is 3.40. The normalized spacial score (nSPS) is 16.2. The van der Waals surface area contributed by atoms with Gasteiger partial charge in [0.05, 0.1) is 11.1 Å². The average Bonchev–Trinajstić information content (AvgIpc) is 2.99. The number of amides is 4. The van der Waals surface area contributed by atoms with Crippen LogP contribution in [0.2, 0.25) is 0 Å². The fourth-order valence-electron chi connectivity index (χ4n) is 3.40. The molecule has 0 spiro atoms. The number of hydrogen-bond donors (Lipinski definition) is 1. The van der Waals surface area contributed by atoms with Crippen molar-refractivity contribution >= 4 is 23.6 Å². The third-order valence-corrected chi connectivity index (χ3v) is 4.99. The topological polar surface area (TPSA) is 124 Å². The Morgan fingerprint density at radius 2 is 1.45 bits per heavy atom. The number of nitrogens with one attached hydrogen (secondary N) is 1. The van der Waals surface area contributed by atoms with Crippen molar-refractivity contribution in [3.8, 4) is 0 Å². The van der Waals surface area contributed by atoms with Gasteiger partial charge in [0, 0.05) is 32.2 Å². The number of rotatable bonds is 3. The van der Waals surface area contributed by atoms with Crippen LogP contribution in [0.4, 0.5) is 0 Å². The molecular formula is C19H17N5O5. The van der Waals surface area contributed by atoms with Crippen LogP contribution in [0.15, 0.2) is 41.2 Å². The molecule has 1 aromatic carbocycles. The van der Waals surface area contributed by atoms with Crippen LogP contribution in [0, 0.1) is 0 Å². The second-order valence-corrected chi connectivity index (χ2v) is 6.72. The number of piperazine rings is 1. The largest absolute Gasteiger partial charge is 0.338 e. The van der Waals surface area contributed by atoms with Gasteiger partial charge >= 0.3 is 0 Å². The summed E-state index contributed by atoms with van der Waals surface area (Å²) in [6.45, 7) is 0.789. The molecule has 0 atom stereocenters. The Bertz CT molecular complexity index is 1020. The van der Waals surface area contributed by atoms with Gasteiger partial charge in [0.1, 0.15) is 12.2 Å². The number of aromatic nitrogens is 2. The maximum absolute atomic E-state index is 12.6. The van der Waals surface area contributed by atoms with Crippen LogP contribution in [0.3, 0.4) is 0 Å². The summed E-state index contributed by atoms with van der Waals surface area (Å²) in [5.74, 6) is -1.64. The molecule has 29 heavy (non-hydrogen) atoms. The Morgan fingerprint density at radius 1 is 0.862 bits per heavy atom. The Labute approximate surface area is 164 Å². The highest BCUT2D eigenvalue weighted by Gasteiger charge is 2.37. The predicted octanol–water partition coefficient (Wildman–Crippen LogP) is -0.649. The monoisotopic (exact) mass is 395 g/mol. The van der Waals surface area contributed by atoms with Crippen molar-refractivity contribution in [2.45, 2.75) is 0 Å². The number of carbonyl (C=O) groups is 4. The minimum absolute atomic E-state index is 0.121. The van der Waals surface area contributed by atoms with Gasteiger partial charge < -0.3 is 9.80 Å². The van der Waals surface area contributed by atoms with Gasteiger partial charge in [-0.3, -0.25) is 28.9 Å². The molecule has 148 valence electrons. The van der Waals surface area contributed by atoms with Crippen LogP contribution in [-0.4, -0.2) is 81.2 Å². The van der Waals surface area contributed by atoms with E-state index in [0.717, 1.165) is 4.90 Å². The van der Waals surface area contributed by atoms with Gasteiger partial charge in [-0.25, -0.2) is 5.10 Å². The van der Waals surface area contributed by atoms with E-state index < -0.39 is 17.4 Å². The molecule has 3 heterocycles. The molecule has 0 aliphatic carbocycles. The maximum atomic E-state index is 12.6. The molecule has 1 N–H and O–H groups in total. The molecule has 0 unspecified atom stereocenters. The summed E-state index contributed by atoms with van der Waals surface area (Å²) in [7, 11) is 0. The van der Waals surface area contributed by atoms with Crippen LogP contribution in [0.25, 0.3) is 0 Å². The fourth-order valence-corrected chi connectivity index (χ4v) is 3.40. The first-order chi connectivity index (χ1) is 14.0. The Balaban J connectivity index is 1.36. The SMILES string of the molecule is O=C(CN1C(=O)c2ccccc2C1=O)N1CCN(C(=O)c2ccc(=O)[nH]n2)CC1. The molecule has 4 rings (SSSR count). The van der Waals surface area contributed by atoms with Gasteiger partial charge in [-0.2, -0.15) is 5.10 Å². The molecule has 1 aromatic heterocycles. The number of fused-ring (bicyclic) bond motifs is 1. The lowest BCUT2D eigenvalue weighted by Crippen LogP contribution is -2.53. The zero-order chi connectivity index (χ0) is 20.5. The van der Waals surface area contributed by atoms with Gasteiger partial charge in [0.25, 0.3) is 23.3 Å². The van der Waals surface area contributed by atoms with E-state index in [4.69, 9.17) is 0 Å². The zero-order valence-corrected chi connectivity index (χ0v) is 15.3. The second kappa shape index (κ2) is 7.30. The molecular weight excluding hydrogens is 378 g/mol. The molecule has 2 aromatic rings. The number of H-pyrrole nitrogens is 1. The summed E-state index contributed by atoms with van der Waals surface area (Å²) in [4.78, 5) is 64.9. The average molecular weight is 395 g/mol. The van der Waals surface area contributed by atoms with Gasteiger partial charge in [0.2, 0.25) is 5.91 Å². The molecule has 10 nitrogen and oxygen atoms in total. The summed E-state index contributed by atoms with van der Waals surface area (Å²) in [6, 6.07) is 9.04. The van der Waals surface area contributed by atoms with Crippen LogP contribution in [0.5, 0.6) is 0 Å². The highest BCUT2D eigenvalue weighted by atomic mass is 16.2. The molecule has 4 amide bonds. The van der Waals surface area contributed by atoms with E-state index in [0.29, 0.717) is 11.1 Å². The molecule has 0 radical (unpaired) electrons. The molecule has 1 saturated heterocycles. The minimum Gasteiger partial charge on any atom is -0.338 e.